The monoisotopic (exact) mass is 587 g/mol. The molecule has 11 heteroatoms. The molecule has 0 unspecified atom stereocenters. The van der Waals surface area contributed by atoms with E-state index in [-0.39, 0.29) is 24.2 Å². The maximum atomic E-state index is 13.8. The molecular weight excluding hydrogens is 557 g/mol. The average molecular weight is 589 g/mol. The van der Waals surface area contributed by atoms with Gasteiger partial charge in [0.2, 0.25) is 21.8 Å². The number of hydrogen-bond donors (Lipinski definition) is 1. The van der Waals surface area contributed by atoms with Crippen molar-refractivity contribution in [2.45, 2.75) is 64.1 Å². The highest BCUT2D eigenvalue weighted by Gasteiger charge is 2.33. The van der Waals surface area contributed by atoms with Gasteiger partial charge in [-0.15, -0.1) is 0 Å². The molecule has 202 valence electrons. The fraction of sp³-hybridized carbons (Fsp3) is 0.462. The second kappa shape index (κ2) is 13.2. The molecule has 0 aromatic heterocycles. The number of nitrogens with one attached hydrogen (secondary N) is 1. The van der Waals surface area contributed by atoms with Gasteiger partial charge in [-0.2, -0.15) is 0 Å². The van der Waals surface area contributed by atoms with E-state index in [0.717, 1.165) is 42.7 Å². The van der Waals surface area contributed by atoms with E-state index in [1.54, 1.807) is 36.4 Å². The van der Waals surface area contributed by atoms with Crippen LogP contribution in [0.25, 0.3) is 0 Å². The van der Waals surface area contributed by atoms with E-state index in [9.17, 15) is 18.0 Å². The van der Waals surface area contributed by atoms with Gasteiger partial charge in [-0.1, -0.05) is 73.1 Å². The van der Waals surface area contributed by atoms with Gasteiger partial charge in [0, 0.05) is 17.6 Å². The molecule has 1 atom stereocenters. The Morgan fingerprint density at radius 2 is 1.73 bits per heavy atom. The summed E-state index contributed by atoms with van der Waals surface area (Å²) in [6, 6.07) is 10.5. The third-order valence-electron chi connectivity index (χ3n) is 6.45. The standard InChI is InChI=1S/C26H32Cl3N3O4S/c1-3-24(26(34)30-20-9-5-4-6-10-20)31(16-18-12-13-22(28)23(29)14-18)25(33)17-32(37(2,35)36)21-11-7-8-19(27)15-21/h7-8,11-15,20,24H,3-6,9-10,16-17H2,1-2H3,(H,30,34)/t24-/m0/s1. The largest absolute Gasteiger partial charge is 0.352 e. The SMILES string of the molecule is CC[C@@H](C(=O)NC1CCCCC1)N(Cc1ccc(Cl)c(Cl)c1)C(=O)CN(c1cccc(Cl)c1)S(C)(=O)=O. The van der Waals surface area contributed by atoms with E-state index in [1.165, 1.54) is 11.0 Å². The molecule has 2 amide bonds. The van der Waals surface area contributed by atoms with Crippen molar-refractivity contribution in [1.29, 1.82) is 0 Å². The molecule has 37 heavy (non-hydrogen) atoms. The summed E-state index contributed by atoms with van der Waals surface area (Å²) in [5, 5.41) is 4.13. The summed E-state index contributed by atoms with van der Waals surface area (Å²) >= 11 is 18.4. The molecule has 0 radical (unpaired) electrons. The fourth-order valence-electron chi connectivity index (χ4n) is 4.54. The molecule has 0 spiro atoms. The van der Waals surface area contributed by atoms with E-state index in [2.05, 4.69) is 5.32 Å². The average Bonchev–Trinajstić information content (AvgIpc) is 2.84. The van der Waals surface area contributed by atoms with Crippen molar-refractivity contribution < 1.29 is 18.0 Å². The van der Waals surface area contributed by atoms with Gasteiger partial charge in [0.05, 0.1) is 22.0 Å². The summed E-state index contributed by atoms with van der Waals surface area (Å²) in [5.74, 6) is -0.779. The highest BCUT2D eigenvalue weighted by molar-refractivity contribution is 7.92. The Kier molecular flexibility index (Phi) is 10.5. The second-order valence-corrected chi connectivity index (χ2v) is 12.4. The number of nitrogens with zero attached hydrogens (tertiary/aromatic N) is 2. The van der Waals surface area contributed by atoms with Gasteiger partial charge < -0.3 is 10.2 Å². The smallest absolute Gasteiger partial charge is 0.244 e. The molecule has 2 aromatic rings. The number of halogens is 3. The topological polar surface area (TPSA) is 86.8 Å². The predicted octanol–water partition coefficient (Wildman–Crippen LogP) is 5.67. The van der Waals surface area contributed by atoms with Crippen LogP contribution in [0.5, 0.6) is 0 Å². The van der Waals surface area contributed by atoms with Crippen molar-refractivity contribution in [2.24, 2.45) is 0 Å². The number of hydrogen-bond acceptors (Lipinski definition) is 4. The maximum absolute atomic E-state index is 13.8. The Morgan fingerprint density at radius 3 is 2.32 bits per heavy atom. The van der Waals surface area contributed by atoms with Gasteiger partial charge in [0.1, 0.15) is 12.6 Å². The van der Waals surface area contributed by atoms with Crippen LogP contribution in [0.2, 0.25) is 15.1 Å². The molecule has 7 nitrogen and oxygen atoms in total. The van der Waals surface area contributed by atoms with Crippen LogP contribution in [0.3, 0.4) is 0 Å². The molecular formula is C26H32Cl3N3O4S. The van der Waals surface area contributed by atoms with Crippen molar-refractivity contribution in [2.75, 3.05) is 17.1 Å². The highest BCUT2D eigenvalue weighted by atomic mass is 35.5. The lowest BCUT2D eigenvalue weighted by Crippen LogP contribution is -2.53. The Hall–Kier alpha value is -2.00. The Labute approximate surface area is 234 Å². The molecule has 1 fully saturated rings. The third-order valence-corrected chi connectivity index (χ3v) is 8.56. The van der Waals surface area contributed by atoms with Crippen LogP contribution in [0.4, 0.5) is 5.69 Å². The maximum Gasteiger partial charge on any atom is 0.244 e. The number of amides is 2. The van der Waals surface area contributed by atoms with Crippen molar-refractivity contribution in [1.82, 2.24) is 10.2 Å². The minimum Gasteiger partial charge on any atom is -0.352 e. The number of sulfonamides is 1. The Balaban J connectivity index is 1.93. The molecule has 1 aliphatic carbocycles. The van der Waals surface area contributed by atoms with E-state index in [4.69, 9.17) is 34.8 Å². The van der Waals surface area contributed by atoms with E-state index < -0.39 is 28.5 Å². The molecule has 1 saturated carbocycles. The Morgan fingerprint density at radius 1 is 1.03 bits per heavy atom. The lowest BCUT2D eigenvalue weighted by Gasteiger charge is -2.34. The number of anilines is 1. The number of benzene rings is 2. The van der Waals surface area contributed by atoms with Gasteiger partial charge >= 0.3 is 0 Å². The van der Waals surface area contributed by atoms with Crippen LogP contribution in [-0.4, -0.2) is 50.0 Å². The quantitative estimate of drug-likeness (QED) is 0.388. The number of rotatable bonds is 10. The van der Waals surface area contributed by atoms with E-state index in [0.29, 0.717) is 27.1 Å². The van der Waals surface area contributed by atoms with E-state index >= 15 is 0 Å². The van der Waals surface area contributed by atoms with Crippen molar-refractivity contribution in [3.63, 3.8) is 0 Å². The molecule has 1 aliphatic rings. The summed E-state index contributed by atoms with van der Waals surface area (Å²) in [4.78, 5) is 28.6. The molecule has 3 rings (SSSR count). The first kappa shape index (κ1) is 29.6. The normalized spacial score (nSPS) is 15.2. The van der Waals surface area contributed by atoms with Crippen molar-refractivity contribution in [3.8, 4) is 0 Å². The molecule has 1 N–H and O–H groups in total. The van der Waals surface area contributed by atoms with Gasteiger partial charge in [-0.25, -0.2) is 8.42 Å². The van der Waals surface area contributed by atoms with Gasteiger partial charge in [-0.05, 0) is 55.2 Å². The highest BCUT2D eigenvalue weighted by Crippen LogP contribution is 2.26. The van der Waals surface area contributed by atoms with Gasteiger partial charge in [0.25, 0.3) is 0 Å². The molecule has 0 heterocycles. The second-order valence-electron chi connectivity index (χ2n) is 9.29. The summed E-state index contributed by atoms with van der Waals surface area (Å²) in [6.07, 6.45) is 6.43. The van der Waals surface area contributed by atoms with Crippen LogP contribution >= 0.6 is 34.8 Å². The van der Waals surface area contributed by atoms with E-state index in [1.807, 2.05) is 6.92 Å². The van der Waals surface area contributed by atoms with Crippen LogP contribution in [0.15, 0.2) is 42.5 Å². The predicted molar refractivity (Wildman–Crippen MR) is 150 cm³/mol. The summed E-state index contributed by atoms with van der Waals surface area (Å²) in [5.41, 5.74) is 0.929. The minimum atomic E-state index is -3.84. The lowest BCUT2D eigenvalue weighted by molar-refractivity contribution is -0.140. The molecule has 0 aliphatic heterocycles. The van der Waals surface area contributed by atoms with Crippen LogP contribution in [0.1, 0.15) is 51.0 Å². The van der Waals surface area contributed by atoms with Gasteiger partial charge in [0.15, 0.2) is 0 Å². The number of carbonyl (C=O) groups excluding carboxylic acids is 2. The third kappa shape index (κ3) is 8.24. The zero-order valence-electron chi connectivity index (χ0n) is 20.9. The number of carbonyl (C=O) groups is 2. The minimum absolute atomic E-state index is 0.0550. The van der Waals surface area contributed by atoms with Crippen LogP contribution in [0, 0.1) is 0 Å². The summed E-state index contributed by atoms with van der Waals surface area (Å²) in [6.45, 7) is 1.39. The summed E-state index contributed by atoms with van der Waals surface area (Å²) in [7, 11) is -3.84. The van der Waals surface area contributed by atoms with Crippen LogP contribution < -0.4 is 9.62 Å². The first-order valence-corrected chi connectivity index (χ1v) is 15.2. The zero-order valence-corrected chi connectivity index (χ0v) is 24.0. The van der Waals surface area contributed by atoms with Crippen LogP contribution in [-0.2, 0) is 26.2 Å². The molecule has 2 aromatic carbocycles. The van der Waals surface area contributed by atoms with Gasteiger partial charge in [-0.3, -0.25) is 13.9 Å². The molecule has 0 saturated heterocycles. The van der Waals surface area contributed by atoms with Crippen molar-refractivity contribution >= 4 is 62.3 Å². The fourth-order valence-corrected chi connectivity index (χ4v) is 5.89. The summed E-state index contributed by atoms with van der Waals surface area (Å²) < 4.78 is 26.4. The zero-order chi connectivity index (χ0) is 27.2. The Bertz CT molecular complexity index is 1220. The lowest BCUT2D eigenvalue weighted by atomic mass is 9.95. The molecule has 0 bridgehead atoms. The van der Waals surface area contributed by atoms with Crippen molar-refractivity contribution in [3.05, 3.63) is 63.1 Å². The first-order chi connectivity index (χ1) is 17.5. The first-order valence-electron chi connectivity index (χ1n) is 12.3.